The van der Waals surface area contributed by atoms with Crippen molar-refractivity contribution in [3.8, 4) is 0 Å². The third-order valence-electron chi connectivity index (χ3n) is 5.53. The summed E-state index contributed by atoms with van der Waals surface area (Å²) in [6, 6.07) is 24.6. The second-order valence-corrected chi connectivity index (χ2v) is 7.86. The molecule has 0 unspecified atom stereocenters. The molecule has 1 aliphatic heterocycles. The molecule has 3 aromatic carbocycles. The highest BCUT2D eigenvalue weighted by atomic mass is 16.2. The fraction of sp³-hybridized carbons (Fsp3) is 0.231. The molecule has 0 saturated carbocycles. The molecular weight excluding hydrogens is 400 g/mol. The predicted octanol–water partition coefficient (Wildman–Crippen LogP) is 4.90. The molecule has 1 fully saturated rings. The third-order valence-corrected chi connectivity index (χ3v) is 5.53. The first-order valence-electron chi connectivity index (χ1n) is 11.0. The van der Waals surface area contributed by atoms with Crippen molar-refractivity contribution in [1.29, 1.82) is 0 Å². The standard InChI is InChI=1S/C26H28N4O2/c31-25(21-11-5-2-6-12-21)28-22-13-14-24(30-17-7-8-18-30)23(19-22)29-26(32)27-16-15-20-9-3-1-4-10-20/h1-6,9-14,19H,7-8,15-18H2,(H,28,31)(H2,27,29,32). The number of carbonyl (C=O) groups is 2. The molecule has 3 amide bonds. The molecule has 6 nitrogen and oxygen atoms in total. The maximum absolute atomic E-state index is 12.6. The van der Waals surface area contributed by atoms with Gasteiger partial charge in [0.15, 0.2) is 0 Å². The molecule has 6 heteroatoms. The summed E-state index contributed by atoms with van der Waals surface area (Å²) >= 11 is 0. The zero-order valence-electron chi connectivity index (χ0n) is 18.0. The number of nitrogens with one attached hydrogen (secondary N) is 3. The lowest BCUT2D eigenvalue weighted by atomic mass is 10.1. The van der Waals surface area contributed by atoms with Crippen LogP contribution in [-0.4, -0.2) is 31.6 Å². The number of hydrogen-bond acceptors (Lipinski definition) is 3. The molecule has 32 heavy (non-hydrogen) atoms. The molecule has 0 aliphatic carbocycles. The lowest BCUT2D eigenvalue weighted by Gasteiger charge is -2.22. The van der Waals surface area contributed by atoms with Gasteiger partial charge < -0.3 is 20.9 Å². The Balaban J connectivity index is 1.44. The van der Waals surface area contributed by atoms with E-state index >= 15 is 0 Å². The molecule has 0 spiro atoms. The van der Waals surface area contributed by atoms with Crippen LogP contribution in [-0.2, 0) is 6.42 Å². The van der Waals surface area contributed by atoms with Gasteiger partial charge in [0.05, 0.1) is 11.4 Å². The van der Waals surface area contributed by atoms with Crippen LogP contribution in [0.3, 0.4) is 0 Å². The van der Waals surface area contributed by atoms with Crippen LogP contribution in [0.2, 0.25) is 0 Å². The van der Waals surface area contributed by atoms with Crippen LogP contribution in [0, 0.1) is 0 Å². The first-order valence-corrected chi connectivity index (χ1v) is 11.0. The van der Waals surface area contributed by atoms with Gasteiger partial charge in [-0.3, -0.25) is 4.79 Å². The fourth-order valence-corrected chi connectivity index (χ4v) is 3.87. The largest absolute Gasteiger partial charge is 0.370 e. The van der Waals surface area contributed by atoms with Gasteiger partial charge in [0.25, 0.3) is 5.91 Å². The van der Waals surface area contributed by atoms with E-state index in [1.807, 2.05) is 66.7 Å². The zero-order valence-corrected chi connectivity index (χ0v) is 18.0. The van der Waals surface area contributed by atoms with Crippen molar-refractivity contribution in [2.24, 2.45) is 0 Å². The van der Waals surface area contributed by atoms with Gasteiger partial charge in [-0.1, -0.05) is 48.5 Å². The fourth-order valence-electron chi connectivity index (χ4n) is 3.87. The predicted molar refractivity (Wildman–Crippen MR) is 129 cm³/mol. The van der Waals surface area contributed by atoms with Crippen molar-refractivity contribution in [2.75, 3.05) is 35.2 Å². The van der Waals surface area contributed by atoms with Crippen molar-refractivity contribution in [3.63, 3.8) is 0 Å². The molecule has 3 N–H and O–H groups in total. The average molecular weight is 429 g/mol. The van der Waals surface area contributed by atoms with Crippen molar-refractivity contribution in [3.05, 3.63) is 90.0 Å². The number of anilines is 3. The Morgan fingerprint density at radius 2 is 1.50 bits per heavy atom. The topological polar surface area (TPSA) is 73.5 Å². The van der Waals surface area contributed by atoms with E-state index < -0.39 is 0 Å². The van der Waals surface area contributed by atoms with Gasteiger partial charge in [-0.15, -0.1) is 0 Å². The summed E-state index contributed by atoms with van der Waals surface area (Å²) in [7, 11) is 0. The maximum atomic E-state index is 12.6. The molecular formula is C26H28N4O2. The number of amides is 3. The van der Waals surface area contributed by atoms with Gasteiger partial charge in [0.1, 0.15) is 0 Å². The van der Waals surface area contributed by atoms with Gasteiger partial charge in [-0.25, -0.2) is 4.79 Å². The van der Waals surface area contributed by atoms with E-state index in [0.717, 1.165) is 38.0 Å². The van der Waals surface area contributed by atoms with Crippen LogP contribution in [0.1, 0.15) is 28.8 Å². The van der Waals surface area contributed by atoms with E-state index in [4.69, 9.17) is 0 Å². The monoisotopic (exact) mass is 428 g/mol. The Morgan fingerprint density at radius 1 is 0.812 bits per heavy atom. The first kappa shape index (κ1) is 21.4. The molecule has 4 rings (SSSR count). The molecule has 0 bridgehead atoms. The summed E-state index contributed by atoms with van der Waals surface area (Å²) in [6.45, 7) is 2.46. The summed E-state index contributed by atoms with van der Waals surface area (Å²) in [6.07, 6.45) is 3.03. The summed E-state index contributed by atoms with van der Waals surface area (Å²) in [5.41, 5.74) is 4.07. The van der Waals surface area contributed by atoms with Crippen molar-refractivity contribution in [2.45, 2.75) is 19.3 Å². The lowest BCUT2D eigenvalue weighted by Crippen LogP contribution is -2.31. The van der Waals surface area contributed by atoms with E-state index in [9.17, 15) is 9.59 Å². The quantitative estimate of drug-likeness (QED) is 0.501. The van der Waals surface area contributed by atoms with Crippen molar-refractivity contribution < 1.29 is 9.59 Å². The van der Waals surface area contributed by atoms with Gasteiger partial charge in [0, 0.05) is 30.9 Å². The van der Waals surface area contributed by atoms with Crippen LogP contribution in [0.25, 0.3) is 0 Å². The van der Waals surface area contributed by atoms with E-state index in [-0.39, 0.29) is 11.9 Å². The molecule has 0 aromatic heterocycles. The summed E-state index contributed by atoms with van der Waals surface area (Å²) < 4.78 is 0. The van der Waals surface area contributed by atoms with Gasteiger partial charge >= 0.3 is 6.03 Å². The van der Waals surface area contributed by atoms with E-state index in [1.54, 1.807) is 12.1 Å². The molecule has 0 radical (unpaired) electrons. The van der Waals surface area contributed by atoms with E-state index in [2.05, 4.69) is 20.9 Å². The molecule has 0 atom stereocenters. The van der Waals surface area contributed by atoms with Crippen LogP contribution in [0.15, 0.2) is 78.9 Å². The lowest BCUT2D eigenvalue weighted by molar-refractivity contribution is 0.102. The van der Waals surface area contributed by atoms with Crippen LogP contribution in [0.5, 0.6) is 0 Å². The highest BCUT2D eigenvalue weighted by Gasteiger charge is 2.18. The summed E-state index contributed by atoms with van der Waals surface area (Å²) in [5.74, 6) is -0.183. The number of benzene rings is 3. The number of hydrogen-bond donors (Lipinski definition) is 3. The summed E-state index contributed by atoms with van der Waals surface area (Å²) in [4.78, 5) is 27.4. The Kier molecular flexibility index (Phi) is 7.02. The molecule has 1 saturated heterocycles. The number of urea groups is 1. The minimum absolute atomic E-state index is 0.183. The zero-order chi connectivity index (χ0) is 22.2. The minimum atomic E-state index is -0.257. The Labute approximate surface area is 188 Å². The van der Waals surface area contributed by atoms with Crippen molar-refractivity contribution in [1.82, 2.24) is 5.32 Å². The van der Waals surface area contributed by atoms with Crippen LogP contribution >= 0.6 is 0 Å². The molecule has 1 aliphatic rings. The molecule has 164 valence electrons. The van der Waals surface area contributed by atoms with E-state index in [0.29, 0.717) is 23.5 Å². The number of nitrogens with zero attached hydrogens (tertiary/aromatic N) is 1. The van der Waals surface area contributed by atoms with E-state index in [1.165, 1.54) is 5.56 Å². The molecule has 1 heterocycles. The average Bonchev–Trinajstić information content (AvgIpc) is 3.35. The molecule has 3 aromatic rings. The minimum Gasteiger partial charge on any atom is -0.370 e. The van der Waals surface area contributed by atoms with Crippen LogP contribution in [0.4, 0.5) is 21.9 Å². The third kappa shape index (κ3) is 5.66. The Bertz CT molecular complexity index is 1050. The maximum Gasteiger partial charge on any atom is 0.319 e. The first-order chi connectivity index (χ1) is 15.7. The SMILES string of the molecule is O=C(NCCc1ccccc1)Nc1cc(NC(=O)c2ccccc2)ccc1N1CCCC1. The highest BCUT2D eigenvalue weighted by molar-refractivity contribution is 6.05. The van der Waals surface area contributed by atoms with Gasteiger partial charge in [-0.05, 0) is 55.2 Å². The smallest absolute Gasteiger partial charge is 0.319 e. The normalized spacial score (nSPS) is 12.9. The van der Waals surface area contributed by atoms with Crippen LogP contribution < -0.4 is 20.9 Å². The van der Waals surface area contributed by atoms with Gasteiger partial charge in [-0.2, -0.15) is 0 Å². The second kappa shape index (κ2) is 10.5. The van der Waals surface area contributed by atoms with Crippen molar-refractivity contribution >= 4 is 29.0 Å². The van der Waals surface area contributed by atoms with Gasteiger partial charge in [0.2, 0.25) is 0 Å². The Hall–Kier alpha value is -3.80. The second-order valence-electron chi connectivity index (χ2n) is 7.86. The Morgan fingerprint density at radius 3 is 2.22 bits per heavy atom. The highest BCUT2D eigenvalue weighted by Crippen LogP contribution is 2.32. The summed E-state index contributed by atoms with van der Waals surface area (Å²) in [5, 5.41) is 8.84. The number of carbonyl (C=O) groups excluding carboxylic acids is 2. The number of rotatable bonds is 7.